The Hall–Kier alpha value is -2.88. The van der Waals surface area contributed by atoms with E-state index >= 15 is 0 Å². The van der Waals surface area contributed by atoms with Crippen LogP contribution in [0.2, 0.25) is 10.2 Å². The molecule has 3 N–H and O–H groups in total. The van der Waals surface area contributed by atoms with Gasteiger partial charge < -0.3 is 10.6 Å². The molecule has 1 heterocycles. The number of sulfonamides is 1. The number of anilines is 3. The quantitative estimate of drug-likeness (QED) is 0.552. The van der Waals surface area contributed by atoms with E-state index in [1.807, 2.05) is 0 Å². The van der Waals surface area contributed by atoms with Crippen LogP contribution in [0, 0.1) is 0 Å². The molecule has 0 fully saturated rings. The number of hydrogen-bond acceptors (Lipinski definition) is 5. The molecule has 0 saturated carbocycles. The summed E-state index contributed by atoms with van der Waals surface area (Å²) in [4.78, 5) is 12.0. The third kappa shape index (κ3) is 5.32. The first-order valence-electron chi connectivity index (χ1n) is 7.77. The van der Waals surface area contributed by atoms with Crippen LogP contribution < -0.4 is 15.4 Å². The Balaban J connectivity index is 1.65. The Labute approximate surface area is 170 Å². The minimum absolute atomic E-state index is 0.00921. The van der Waals surface area contributed by atoms with Crippen LogP contribution in [-0.4, -0.2) is 24.6 Å². The SMILES string of the molecule is O=C(Nc1ccc(S(=O)(=O)Nc2ccc(Cl)nn2)cc1)Nc1cccc(Cl)c1. The molecule has 144 valence electrons. The summed E-state index contributed by atoms with van der Waals surface area (Å²) in [5.41, 5.74) is 0.933. The fourth-order valence-electron chi connectivity index (χ4n) is 2.14. The molecule has 0 spiro atoms. The zero-order chi connectivity index (χ0) is 20.1. The molecule has 1 aromatic heterocycles. The first-order chi connectivity index (χ1) is 13.3. The lowest BCUT2D eigenvalue weighted by molar-refractivity contribution is 0.262. The molecule has 0 atom stereocenters. The number of urea groups is 1. The molecular formula is C17H13Cl2N5O3S. The van der Waals surface area contributed by atoms with Crippen molar-refractivity contribution < 1.29 is 13.2 Å². The van der Waals surface area contributed by atoms with Gasteiger partial charge in [0.25, 0.3) is 10.0 Å². The van der Waals surface area contributed by atoms with Gasteiger partial charge in [-0.15, -0.1) is 10.2 Å². The number of aromatic nitrogens is 2. The second-order valence-electron chi connectivity index (χ2n) is 5.46. The summed E-state index contributed by atoms with van der Waals surface area (Å²) in [6.45, 7) is 0. The fraction of sp³-hybridized carbons (Fsp3) is 0. The number of carbonyl (C=O) groups excluding carboxylic acids is 1. The highest BCUT2D eigenvalue weighted by Gasteiger charge is 2.15. The average Bonchev–Trinajstić information content (AvgIpc) is 2.64. The molecular weight excluding hydrogens is 425 g/mol. The van der Waals surface area contributed by atoms with Gasteiger partial charge in [0.2, 0.25) is 0 Å². The van der Waals surface area contributed by atoms with Gasteiger partial charge in [0.1, 0.15) is 0 Å². The first-order valence-corrected chi connectivity index (χ1v) is 10.0. The molecule has 0 aliphatic heterocycles. The molecule has 3 aromatic rings. The van der Waals surface area contributed by atoms with Crippen molar-refractivity contribution in [3.05, 3.63) is 70.8 Å². The Kier molecular flexibility index (Phi) is 5.98. The van der Waals surface area contributed by atoms with E-state index in [1.54, 1.807) is 24.3 Å². The summed E-state index contributed by atoms with van der Waals surface area (Å²) >= 11 is 11.5. The normalized spacial score (nSPS) is 10.9. The molecule has 0 bridgehead atoms. The molecule has 0 aliphatic rings. The van der Waals surface area contributed by atoms with Crippen LogP contribution >= 0.6 is 23.2 Å². The van der Waals surface area contributed by atoms with E-state index in [4.69, 9.17) is 23.2 Å². The van der Waals surface area contributed by atoms with Gasteiger partial charge in [-0.1, -0.05) is 29.3 Å². The van der Waals surface area contributed by atoms with Gasteiger partial charge in [0.15, 0.2) is 11.0 Å². The minimum atomic E-state index is -3.86. The van der Waals surface area contributed by atoms with Gasteiger partial charge in [-0.3, -0.25) is 4.72 Å². The minimum Gasteiger partial charge on any atom is -0.308 e. The molecule has 8 nitrogen and oxygen atoms in total. The van der Waals surface area contributed by atoms with Crippen molar-refractivity contribution in [2.45, 2.75) is 4.90 Å². The van der Waals surface area contributed by atoms with Gasteiger partial charge in [-0.2, -0.15) is 0 Å². The van der Waals surface area contributed by atoms with Crippen LogP contribution in [0.3, 0.4) is 0 Å². The largest absolute Gasteiger partial charge is 0.323 e. The topological polar surface area (TPSA) is 113 Å². The molecule has 11 heteroatoms. The lowest BCUT2D eigenvalue weighted by Gasteiger charge is -2.10. The van der Waals surface area contributed by atoms with Crippen molar-refractivity contribution >= 4 is 56.4 Å². The highest BCUT2D eigenvalue weighted by Crippen LogP contribution is 2.19. The van der Waals surface area contributed by atoms with Gasteiger partial charge in [0, 0.05) is 16.4 Å². The van der Waals surface area contributed by atoms with Gasteiger partial charge in [-0.05, 0) is 54.6 Å². The number of carbonyl (C=O) groups is 1. The molecule has 0 saturated heterocycles. The second-order valence-corrected chi connectivity index (χ2v) is 7.97. The smallest absolute Gasteiger partial charge is 0.308 e. The molecule has 0 unspecified atom stereocenters. The molecule has 0 aliphatic carbocycles. The third-order valence-corrected chi connectivity index (χ3v) is 5.18. The van der Waals surface area contributed by atoms with E-state index in [1.165, 1.54) is 36.4 Å². The number of amides is 2. The summed E-state index contributed by atoms with van der Waals surface area (Å²) in [6, 6.07) is 14.6. The summed E-state index contributed by atoms with van der Waals surface area (Å²) in [7, 11) is -3.86. The maximum Gasteiger partial charge on any atom is 0.323 e. The highest BCUT2D eigenvalue weighted by molar-refractivity contribution is 7.92. The molecule has 2 amide bonds. The van der Waals surface area contributed by atoms with E-state index in [-0.39, 0.29) is 15.9 Å². The lowest BCUT2D eigenvalue weighted by Crippen LogP contribution is -2.19. The molecule has 0 radical (unpaired) electrons. The Morgan fingerprint density at radius 3 is 2.21 bits per heavy atom. The predicted octanol–water partition coefficient (Wildman–Crippen LogP) is 4.23. The van der Waals surface area contributed by atoms with E-state index < -0.39 is 16.1 Å². The Morgan fingerprint density at radius 2 is 1.57 bits per heavy atom. The predicted molar refractivity (Wildman–Crippen MR) is 108 cm³/mol. The summed E-state index contributed by atoms with van der Waals surface area (Å²) in [5.74, 6) is 0.0347. The molecule has 3 rings (SSSR count). The maximum atomic E-state index is 12.4. The Bertz CT molecular complexity index is 1090. The number of nitrogens with one attached hydrogen (secondary N) is 3. The zero-order valence-electron chi connectivity index (χ0n) is 14.1. The van der Waals surface area contributed by atoms with Crippen LogP contribution in [0.15, 0.2) is 65.6 Å². The van der Waals surface area contributed by atoms with E-state index in [0.717, 1.165) is 0 Å². The van der Waals surface area contributed by atoms with E-state index in [2.05, 4.69) is 25.6 Å². The summed E-state index contributed by atoms with van der Waals surface area (Å²) in [6.07, 6.45) is 0. The highest BCUT2D eigenvalue weighted by atomic mass is 35.5. The van der Waals surface area contributed by atoms with Gasteiger partial charge in [-0.25, -0.2) is 13.2 Å². The van der Waals surface area contributed by atoms with Gasteiger partial charge in [0.05, 0.1) is 4.90 Å². The number of halogens is 2. The number of hydrogen-bond donors (Lipinski definition) is 3. The van der Waals surface area contributed by atoms with Crippen molar-refractivity contribution in [3.8, 4) is 0 Å². The van der Waals surface area contributed by atoms with Crippen LogP contribution in [0.25, 0.3) is 0 Å². The zero-order valence-corrected chi connectivity index (χ0v) is 16.4. The van der Waals surface area contributed by atoms with Crippen LogP contribution in [0.1, 0.15) is 0 Å². The third-order valence-electron chi connectivity index (χ3n) is 3.38. The van der Waals surface area contributed by atoms with Crippen molar-refractivity contribution in [1.82, 2.24) is 10.2 Å². The lowest BCUT2D eigenvalue weighted by atomic mass is 10.3. The number of rotatable bonds is 5. The number of nitrogens with zero attached hydrogens (tertiary/aromatic N) is 2. The average molecular weight is 438 g/mol. The van der Waals surface area contributed by atoms with Crippen LogP contribution in [-0.2, 0) is 10.0 Å². The first kappa shape index (κ1) is 19.9. The monoisotopic (exact) mass is 437 g/mol. The van der Waals surface area contributed by atoms with Crippen molar-refractivity contribution in [1.29, 1.82) is 0 Å². The molecule has 28 heavy (non-hydrogen) atoms. The van der Waals surface area contributed by atoms with E-state index in [9.17, 15) is 13.2 Å². The second kappa shape index (κ2) is 8.42. The van der Waals surface area contributed by atoms with Crippen LogP contribution in [0.4, 0.5) is 22.0 Å². The fourth-order valence-corrected chi connectivity index (χ4v) is 3.43. The van der Waals surface area contributed by atoms with Crippen molar-refractivity contribution in [2.24, 2.45) is 0 Å². The summed E-state index contributed by atoms with van der Waals surface area (Å²) < 4.78 is 27.0. The standard InChI is InChI=1S/C17H13Cl2N5O3S/c18-11-2-1-3-13(10-11)21-17(25)20-12-4-6-14(7-5-12)28(26,27)24-16-9-8-15(19)22-23-16/h1-10H,(H,23,24)(H2,20,21,25). The summed E-state index contributed by atoms with van der Waals surface area (Å²) in [5, 5.41) is 13.1. The molecule has 2 aromatic carbocycles. The van der Waals surface area contributed by atoms with Crippen molar-refractivity contribution in [3.63, 3.8) is 0 Å². The Morgan fingerprint density at radius 1 is 0.857 bits per heavy atom. The number of benzene rings is 2. The van der Waals surface area contributed by atoms with Crippen molar-refractivity contribution in [2.75, 3.05) is 15.4 Å². The van der Waals surface area contributed by atoms with Crippen LogP contribution in [0.5, 0.6) is 0 Å². The maximum absolute atomic E-state index is 12.4. The van der Waals surface area contributed by atoms with E-state index in [0.29, 0.717) is 16.4 Å². The van der Waals surface area contributed by atoms with Gasteiger partial charge >= 0.3 is 6.03 Å².